The predicted octanol–water partition coefficient (Wildman–Crippen LogP) is 3.70. The van der Waals surface area contributed by atoms with E-state index in [4.69, 9.17) is 0 Å². The first-order valence-electron chi connectivity index (χ1n) is 6.80. The van der Waals surface area contributed by atoms with Gasteiger partial charge in [-0.1, -0.05) is 0 Å². The Hall–Kier alpha value is -1.11. The molecule has 8 heteroatoms. The van der Waals surface area contributed by atoms with E-state index in [2.05, 4.69) is 26.6 Å². The summed E-state index contributed by atoms with van der Waals surface area (Å²) in [5.41, 5.74) is -3.20. The summed E-state index contributed by atoms with van der Waals surface area (Å²) < 4.78 is 29.1. The van der Waals surface area contributed by atoms with E-state index >= 15 is 0 Å². The van der Waals surface area contributed by atoms with Crippen molar-refractivity contribution in [3.05, 3.63) is 24.3 Å². The van der Waals surface area contributed by atoms with E-state index in [0.29, 0.717) is 12.1 Å². The summed E-state index contributed by atoms with van der Waals surface area (Å²) in [6, 6.07) is 5.64. The number of carbonyl (C=O) groups is 1. The average Bonchev–Trinajstić information content (AvgIpc) is 2.90. The highest BCUT2D eigenvalue weighted by Gasteiger charge is 2.27. The third kappa shape index (κ3) is 6.77. The smallest absolute Gasteiger partial charge is 0.420 e. The lowest BCUT2D eigenvalue weighted by molar-refractivity contribution is -0.116. The SMILES string of the molecule is Cl.O=C(CCN1CCCC1)Nc1ccc(OC(F)(F)Cl)cc1. The zero-order valence-electron chi connectivity index (χ0n) is 11.9. The van der Waals surface area contributed by atoms with Gasteiger partial charge >= 0.3 is 5.57 Å². The van der Waals surface area contributed by atoms with E-state index in [9.17, 15) is 13.6 Å². The number of ether oxygens (including phenoxy) is 1. The molecule has 0 aromatic heterocycles. The highest BCUT2D eigenvalue weighted by Crippen LogP contribution is 2.25. The molecule has 1 aliphatic heterocycles. The van der Waals surface area contributed by atoms with Gasteiger partial charge in [0, 0.05) is 30.3 Å². The summed E-state index contributed by atoms with van der Waals surface area (Å²) in [6.07, 6.45) is 2.79. The molecular formula is C14H18Cl2F2N2O2. The van der Waals surface area contributed by atoms with E-state index in [1.807, 2.05) is 0 Å². The van der Waals surface area contributed by atoms with Crippen molar-refractivity contribution in [3.63, 3.8) is 0 Å². The minimum absolute atomic E-state index is 0. The van der Waals surface area contributed by atoms with Gasteiger partial charge in [0.1, 0.15) is 5.75 Å². The Bertz CT molecular complexity index is 475. The van der Waals surface area contributed by atoms with Crippen LogP contribution in [0, 0.1) is 0 Å². The highest BCUT2D eigenvalue weighted by molar-refractivity contribution is 6.20. The number of carbonyl (C=O) groups excluding carboxylic acids is 1. The summed E-state index contributed by atoms with van der Waals surface area (Å²) in [6.45, 7) is 2.84. The van der Waals surface area contributed by atoms with Gasteiger partial charge in [0.05, 0.1) is 0 Å². The van der Waals surface area contributed by atoms with E-state index in [1.54, 1.807) is 0 Å². The van der Waals surface area contributed by atoms with Crippen molar-refractivity contribution < 1.29 is 18.3 Å². The van der Waals surface area contributed by atoms with E-state index in [-0.39, 0.29) is 24.1 Å². The summed E-state index contributed by atoms with van der Waals surface area (Å²) in [7, 11) is 0. The van der Waals surface area contributed by atoms with Gasteiger partial charge in [-0.3, -0.25) is 4.79 Å². The van der Waals surface area contributed by atoms with Crippen molar-refractivity contribution in [3.8, 4) is 5.75 Å². The standard InChI is InChI=1S/C14H17ClF2N2O2.ClH/c15-14(16,17)21-12-5-3-11(4-6-12)18-13(20)7-10-19-8-1-2-9-19;/h3-6H,1-2,7-10H2,(H,18,20);1H. The lowest BCUT2D eigenvalue weighted by atomic mass is 10.3. The van der Waals surface area contributed by atoms with Crippen LogP contribution >= 0.6 is 24.0 Å². The Morgan fingerprint density at radius 3 is 2.41 bits per heavy atom. The second-order valence-electron chi connectivity index (χ2n) is 4.92. The Kier molecular flexibility index (Phi) is 7.32. The third-order valence-electron chi connectivity index (χ3n) is 3.23. The van der Waals surface area contributed by atoms with Crippen LogP contribution in [0.25, 0.3) is 0 Å². The molecule has 1 N–H and O–H groups in total. The van der Waals surface area contributed by atoms with Gasteiger partial charge in [0.2, 0.25) is 5.91 Å². The van der Waals surface area contributed by atoms with Crippen molar-refractivity contribution in [2.24, 2.45) is 0 Å². The third-order valence-corrected chi connectivity index (χ3v) is 3.30. The number of halogens is 4. The normalized spacial score (nSPS) is 15.2. The molecule has 0 spiro atoms. The van der Waals surface area contributed by atoms with Crippen LogP contribution in [0.1, 0.15) is 19.3 Å². The maximum absolute atomic E-state index is 12.4. The molecule has 22 heavy (non-hydrogen) atoms. The number of nitrogens with zero attached hydrogens (tertiary/aromatic N) is 1. The first-order valence-corrected chi connectivity index (χ1v) is 7.18. The number of hydrogen-bond acceptors (Lipinski definition) is 3. The monoisotopic (exact) mass is 354 g/mol. The molecule has 1 amide bonds. The molecular weight excluding hydrogens is 337 g/mol. The zero-order chi connectivity index (χ0) is 15.3. The van der Waals surface area contributed by atoms with Crippen LogP contribution in [-0.4, -0.2) is 36.0 Å². The van der Waals surface area contributed by atoms with Gasteiger partial charge in [-0.15, -0.1) is 21.2 Å². The van der Waals surface area contributed by atoms with Crippen molar-refractivity contribution >= 4 is 35.6 Å². The second kappa shape index (κ2) is 8.50. The van der Waals surface area contributed by atoms with Gasteiger partial charge in [-0.2, -0.15) is 0 Å². The maximum Gasteiger partial charge on any atom is 0.487 e. The molecule has 1 aromatic rings. The van der Waals surface area contributed by atoms with Gasteiger partial charge in [-0.25, -0.2) is 0 Å². The summed E-state index contributed by atoms with van der Waals surface area (Å²) >= 11 is 4.67. The molecule has 0 saturated carbocycles. The fourth-order valence-electron chi connectivity index (χ4n) is 2.23. The van der Waals surface area contributed by atoms with Crippen LogP contribution in [0.15, 0.2) is 24.3 Å². The van der Waals surface area contributed by atoms with Crippen LogP contribution in [0.5, 0.6) is 5.75 Å². The molecule has 1 aromatic carbocycles. The largest absolute Gasteiger partial charge is 0.487 e. The first-order chi connectivity index (χ1) is 9.92. The van der Waals surface area contributed by atoms with Gasteiger partial charge in [0.25, 0.3) is 0 Å². The zero-order valence-corrected chi connectivity index (χ0v) is 13.4. The second-order valence-corrected chi connectivity index (χ2v) is 5.36. The summed E-state index contributed by atoms with van der Waals surface area (Å²) in [5.74, 6) is -0.164. The predicted molar refractivity (Wildman–Crippen MR) is 84.0 cm³/mol. The molecule has 0 atom stereocenters. The average molecular weight is 355 g/mol. The summed E-state index contributed by atoms with van der Waals surface area (Å²) in [4.78, 5) is 14.0. The van der Waals surface area contributed by atoms with Crippen molar-refractivity contribution in [1.29, 1.82) is 0 Å². The summed E-state index contributed by atoms with van der Waals surface area (Å²) in [5, 5.41) is 2.71. The van der Waals surface area contributed by atoms with Crippen molar-refractivity contribution in [2.75, 3.05) is 25.0 Å². The van der Waals surface area contributed by atoms with E-state index in [0.717, 1.165) is 19.6 Å². The maximum atomic E-state index is 12.4. The van der Waals surface area contributed by atoms with Crippen LogP contribution in [0.4, 0.5) is 14.5 Å². The topological polar surface area (TPSA) is 41.6 Å². The Morgan fingerprint density at radius 1 is 1.27 bits per heavy atom. The number of alkyl halides is 3. The van der Waals surface area contributed by atoms with Crippen LogP contribution in [0.3, 0.4) is 0 Å². The molecule has 0 aliphatic carbocycles. The molecule has 124 valence electrons. The van der Waals surface area contributed by atoms with Crippen molar-refractivity contribution in [1.82, 2.24) is 4.90 Å². The van der Waals surface area contributed by atoms with Gasteiger partial charge < -0.3 is 15.0 Å². The number of likely N-dealkylation sites (tertiary alicyclic amines) is 1. The van der Waals surface area contributed by atoms with Crippen LogP contribution in [-0.2, 0) is 4.79 Å². The fraction of sp³-hybridized carbons (Fsp3) is 0.500. The van der Waals surface area contributed by atoms with Crippen LogP contribution in [0.2, 0.25) is 0 Å². The van der Waals surface area contributed by atoms with E-state index in [1.165, 1.54) is 37.1 Å². The lowest BCUT2D eigenvalue weighted by Gasteiger charge is -2.14. The molecule has 1 fully saturated rings. The molecule has 1 heterocycles. The molecule has 0 unspecified atom stereocenters. The number of amides is 1. The van der Waals surface area contributed by atoms with E-state index < -0.39 is 5.57 Å². The Balaban J connectivity index is 0.00000242. The van der Waals surface area contributed by atoms with Gasteiger partial charge in [0.15, 0.2) is 0 Å². The number of hydrogen-bond donors (Lipinski definition) is 1. The number of nitrogens with one attached hydrogen (secondary N) is 1. The lowest BCUT2D eigenvalue weighted by Crippen LogP contribution is -2.25. The van der Waals surface area contributed by atoms with Crippen molar-refractivity contribution in [2.45, 2.75) is 24.8 Å². The molecule has 0 radical (unpaired) electrons. The fourth-order valence-corrected chi connectivity index (χ4v) is 2.32. The number of benzene rings is 1. The quantitative estimate of drug-likeness (QED) is 0.792. The highest BCUT2D eigenvalue weighted by atomic mass is 35.5. The minimum atomic E-state index is -3.74. The van der Waals surface area contributed by atoms with Crippen LogP contribution < -0.4 is 10.1 Å². The first kappa shape index (κ1) is 18.9. The minimum Gasteiger partial charge on any atom is -0.420 e. The van der Waals surface area contributed by atoms with Gasteiger partial charge in [-0.05, 0) is 50.2 Å². The number of anilines is 1. The molecule has 4 nitrogen and oxygen atoms in total. The molecule has 1 aliphatic rings. The molecule has 1 saturated heterocycles. The Labute approximate surface area is 139 Å². The number of rotatable bonds is 6. The Morgan fingerprint density at radius 2 is 1.86 bits per heavy atom. The molecule has 0 bridgehead atoms. The molecule has 2 rings (SSSR count).